The van der Waals surface area contributed by atoms with E-state index in [9.17, 15) is 0 Å². The maximum Gasteiger partial charge on any atom is 0.0493 e. The minimum absolute atomic E-state index is 0.342. The van der Waals surface area contributed by atoms with Crippen molar-refractivity contribution in [3.63, 3.8) is 0 Å². The van der Waals surface area contributed by atoms with Gasteiger partial charge in [0.05, 0.1) is 0 Å². The summed E-state index contributed by atoms with van der Waals surface area (Å²) in [6.07, 6.45) is 0. The van der Waals surface area contributed by atoms with E-state index in [1.54, 1.807) is 11.3 Å². The molecule has 1 aromatic carbocycles. The lowest BCUT2D eigenvalue weighted by Crippen LogP contribution is -2.11. The maximum atomic E-state index is 3.55. The molecule has 2 aromatic rings. The van der Waals surface area contributed by atoms with Crippen molar-refractivity contribution in [2.75, 3.05) is 24.3 Å². The maximum absolute atomic E-state index is 3.55. The predicted molar refractivity (Wildman–Crippen MR) is 81.9 cm³/mol. The molecule has 1 unspecified atom stereocenters. The topological polar surface area (TPSA) is 15.3 Å². The Bertz CT molecular complexity index is 503. The highest BCUT2D eigenvalue weighted by Gasteiger charge is 2.07. The summed E-state index contributed by atoms with van der Waals surface area (Å²) >= 11 is 1.74. The number of anilines is 2. The van der Waals surface area contributed by atoms with Crippen LogP contribution in [0.15, 0.2) is 35.0 Å². The Morgan fingerprint density at radius 1 is 1.22 bits per heavy atom. The van der Waals surface area contributed by atoms with Gasteiger partial charge in [-0.05, 0) is 53.9 Å². The van der Waals surface area contributed by atoms with Crippen LogP contribution in [0.3, 0.4) is 0 Å². The Hall–Kier alpha value is -1.48. The Morgan fingerprint density at radius 2 is 2.00 bits per heavy atom. The molecule has 1 heterocycles. The van der Waals surface area contributed by atoms with Crippen LogP contribution in [0.25, 0.3) is 0 Å². The highest BCUT2D eigenvalue weighted by atomic mass is 32.1. The van der Waals surface area contributed by atoms with Crippen LogP contribution in [0.2, 0.25) is 0 Å². The van der Waals surface area contributed by atoms with Gasteiger partial charge in [-0.1, -0.05) is 6.07 Å². The number of hydrogen-bond acceptors (Lipinski definition) is 3. The first kappa shape index (κ1) is 13.0. The molecule has 1 N–H and O–H groups in total. The van der Waals surface area contributed by atoms with Crippen molar-refractivity contribution in [2.24, 2.45) is 0 Å². The van der Waals surface area contributed by atoms with E-state index < -0.39 is 0 Å². The third kappa shape index (κ3) is 2.85. The van der Waals surface area contributed by atoms with Gasteiger partial charge in [-0.25, -0.2) is 0 Å². The minimum Gasteiger partial charge on any atom is -0.378 e. The summed E-state index contributed by atoms with van der Waals surface area (Å²) < 4.78 is 0. The molecule has 0 fully saturated rings. The van der Waals surface area contributed by atoms with Gasteiger partial charge in [-0.2, -0.15) is 11.3 Å². The summed E-state index contributed by atoms with van der Waals surface area (Å²) in [5, 5.41) is 7.86. The van der Waals surface area contributed by atoms with Crippen LogP contribution in [-0.2, 0) is 0 Å². The largest absolute Gasteiger partial charge is 0.378 e. The molecule has 0 spiro atoms. The van der Waals surface area contributed by atoms with Gasteiger partial charge in [-0.3, -0.25) is 0 Å². The fourth-order valence-corrected chi connectivity index (χ4v) is 2.79. The molecule has 96 valence electrons. The zero-order chi connectivity index (χ0) is 13.1. The van der Waals surface area contributed by atoms with Gasteiger partial charge in [0.15, 0.2) is 0 Å². The van der Waals surface area contributed by atoms with E-state index >= 15 is 0 Å². The van der Waals surface area contributed by atoms with Gasteiger partial charge in [0.1, 0.15) is 0 Å². The first-order valence-corrected chi connectivity index (χ1v) is 7.09. The normalized spacial score (nSPS) is 12.2. The van der Waals surface area contributed by atoms with E-state index in [4.69, 9.17) is 0 Å². The Balaban J connectivity index is 2.17. The summed E-state index contributed by atoms with van der Waals surface area (Å²) in [5.74, 6) is 0. The second-order valence-corrected chi connectivity index (χ2v) is 5.60. The standard InChI is InChI=1S/C15H20N2S/c1-11-5-6-14(9-15(11)17(3)4)16-12(2)13-7-8-18-10-13/h5-10,12,16H,1-4H3. The fraction of sp³-hybridized carbons (Fsp3) is 0.333. The number of nitrogens with zero attached hydrogens (tertiary/aromatic N) is 1. The van der Waals surface area contributed by atoms with Crippen molar-refractivity contribution in [1.29, 1.82) is 0 Å². The molecule has 0 saturated carbocycles. The average molecular weight is 260 g/mol. The Morgan fingerprint density at radius 3 is 2.61 bits per heavy atom. The van der Waals surface area contributed by atoms with Crippen LogP contribution in [0.1, 0.15) is 24.1 Å². The SMILES string of the molecule is Cc1ccc(NC(C)c2ccsc2)cc1N(C)C. The molecule has 0 saturated heterocycles. The molecule has 1 aromatic heterocycles. The van der Waals surface area contributed by atoms with Crippen LogP contribution >= 0.6 is 11.3 Å². The van der Waals surface area contributed by atoms with E-state index in [2.05, 4.69) is 73.2 Å². The zero-order valence-corrected chi connectivity index (χ0v) is 12.2. The van der Waals surface area contributed by atoms with Crippen LogP contribution in [0.4, 0.5) is 11.4 Å². The van der Waals surface area contributed by atoms with E-state index in [-0.39, 0.29) is 0 Å². The molecular formula is C15H20N2S. The summed E-state index contributed by atoms with van der Waals surface area (Å²) in [6.45, 7) is 4.33. The van der Waals surface area contributed by atoms with Crippen molar-refractivity contribution in [3.05, 3.63) is 46.2 Å². The Labute approximate surface area is 113 Å². The van der Waals surface area contributed by atoms with Gasteiger partial charge in [0.25, 0.3) is 0 Å². The third-order valence-corrected chi connectivity index (χ3v) is 3.82. The fourth-order valence-electron chi connectivity index (χ4n) is 2.04. The van der Waals surface area contributed by atoms with Gasteiger partial charge in [0.2, 0.25) is 0 Å². The smallest absolute Gasteiger partial charge is 0.0493 e. The van der Waals surface area contributed by atoms with Gasteiger partial charge in [0, 0.05) is 31.5 Å². The summed E-state index contributed by atoms with van der Waals surface area (Å²) in [4.78, 5) is 2.15. The summed E-state index contributed by atoms with van der Waals surface area (Å²) in [6, 6.07) is 9.03. The number of aryl methyl sites for hydroxylation is 1. The van der Waals surface area contributed by atoms with Crippen LogP contribution < -0.4 is 10.2 Å². The van der Waals surface area contributed by atoms with Crippen molar-refractivity contribution < 1.29 is 0 Å². The summed E-state index contributed by atoms with van der Waals surface area (Å²) in [7, 11) is 4.16. The number of nitrogens with one attached hydrogen (secondary N) is 1. The Kier molecular flexibility index (Phi) is 3.92. The number of thiophene rings is 1. The lowest BCUT2D eigenvalue weighted by Gasteiger charge is -2.19. The second-order valence-electron chi connectivity index (χ2n) is 4.82. The highest BCUT2D eigenvalue weighted by molar-refractivity contribution is 7.07. The van der Waals surface area contributed by atoms with Crippen LogP contribution in [-0.4, -0.2) is 14.1 Å². The molecule has 1 atom stereocenters. The van der Waals surface area contributed by atoms with Crippen LogP contribution in [0, 0.1) is 6.92 Å². The first-order valence-electron chi connectivity index (χ1n) is 6.14. The molecule has 0 aliphatic heterocycles. The molecule has 18 heavy (non-hydrogen) atoms. The van der Waals surface area contributed by atoms with Crippen molar-refractivity contribution in [2.45, 2.75) is 19.9 Å². The van der Waals surface area contributed by atoms with Crippen molar-refractivity contribution in [1.82, 2.24) is 0 Å². The lowest BCUT2D eigenvalue weighted by atomic mass is 10.1. The predicted octanol–water partition coefficient (Wildman–Crippen LogP) is 4.30. The average Bonchev–Trinajstić information content (AvgIpc) is 2.85. The van der Waals surface area contributed by atoms with Gasteiger partial charge < -0.3 is 10.2 Å². The quantitative estimate of drug-likeness (QED) is 0.882. The zero-order valence-electron chi connectivity index (χ0n) is 11.4. The molecule has 0 bridgehead atoms. The molecule has 0 amide bonds. The first-order chi connectivity index (χ1) is 8.58. The van der Waals surface area contributed by atoms with Crippen molar-refractivity contribution in [3.8, 4) is 0 Å². The van der Waals surface area contributed by atoms with Crippen LogP contribution in [0.5, 0.6) is 0 Å². The lowest BCUT2D eigenvalue weighted by molar-refractivity contribution is 0.890. The van der Waals surface area contributed by atoms with E-state index in [1.807, 2.05) is 0 Å². The summed E-state index contributed by atoms with van der Waals surface area (Å²) in [5.41, 5.74) is 5.07. The molecule has 2 rings (SSSR count). The molecule has 0 aliphatic carbocycles. The van der Waals surface area contributed by atoms with E-state index in [0.29, 0.717) is 6.04 Å². The monoisotopic (exact) mass is 260 g/mol. The minimum atomic E-state index is 0.342. The third-order valence-electron chi connectivity index (χ3n) is 3.12. The molecule has 3 heteroatoms. The molecule has 0 aliphatic rings. The number of rotatable bonds is 4. The highest BCUT2D eigenvalue weighted by Crippen LogP contribution is 2.26. The number of benzene rings is 1. The second kappa shape index (κ2) is 5.44. The van der Waals surface area contributed by atoms with E-state index in [0.717, 1.165) is 0 Å². The van der Waals surface area contributed by atoms with Gasteiger partial charge >= 0.3 is 0 Å². The molecular weight excluding hydrogens is 240 g/mol. The number of hydrogen-bond donors (Lipinski definition) is 1. The van der Waals surface area contributed by atoms with Crippen molar-refractivity contribution >= 4 is 22.7 Å². The van der Waals surface area contributed by atoms with E-state index in [1.165, 1.54) is 22.5 Å². The van der Waals surface area contributed by atoms with Gasteiger partial charge in [-0.15, -0.1) is 0 Å². The molecule has 2 nitrogen and oxygen atoms in total. The molecule has 0 radical (unpaired) electrons.